The van der Waals surface area contributed by atoms with E-state index in [4.69, 9.17) is 14.6 Å². The van der Waals surface area contributed by atoms with Gasteiger partial charge >= 0.3 is 0 Å². The zero-order valence-corrected chi connectivity index (χ0v) is 12.9. The minimum atomic E-state index is -0.0260. The van der Waals surface area contributed by atoms with Gasteiger partial charge in [0.05, 0.1) is 26.2 Å². The van der Waals surface area contributed by atoms with E-state index in [0.717, 1.165) is 17.7 Å². The van der Waals surface area contributed by atoms with E-state index in [1.54, 1.807) is 0 Å². The lowest BCUT2D eigenvalue weighted by molar-refractivity contribution is -0.121. The molecule has 0 spiro atoms. The highest BCUT2D eigenvalue weighted by Crippen LogP contribution is 2.18. The van der Waals surface area contributed by atoms with E-state index in [1.165, 1.54) is 5.56 Å². The smallest absolute Gasteiger partial charge is 0.223 e. The van der Waals surface area contributed by atoms with E-state index in [1.807, 2.05) is 26.0 Å². The summed E-state index contributed by atoms with van der Waals surface area (Å²) in [5, 5.41) is 11.3. The van der Waals surface area contributed by atoms with Crippen LogP contribution in [-0.2, 0) is 9.53 Å². The van der Waals surface area contributed by atoms with Crippen LogP contribution in [0.15, 0.2) is 18.2 Å². The Morgan fingerprint density at radius 1 is 1.24 bits per heavy atom. The molecule has 1 aromatic carbocycles. The zero-order valence-electron chi connectivity index (χ0n) is 12.9. The summed E-state index contributed by atoms with van der Waals surface area (Å²) in [6, 6.07) is 5.98. The van der Waals surface area contributed by atoms with Crippen LogP contribution in [0.25, 0.3) is 0 Å². The van der Waals surface area contributed by atoms with Crippen LogP contribution in [0.4, 0.5) is 0 Å². The van der Waals surface area contributed by atoms with E-state index in [9.17, 15) is 4.79 Å². The molecule has 0 aliphatic carbocycles. The van der Waals surface area contributed by atoms with Crippen molar-refractivity contribution < 1.29 is 19.4 Å². The third kappa shape index (κ3) is 7.68. The molecule has 2 N–H and O–H groups in total. The minimum Gasteiger partial charge on any atom is -0.493 e. The molecule has 0 aromatic heterocycles. The second-order valence-electron chi connectivity index (χ2n) is 4.91. The molecule has 0 aliphatic heterocycles. The first-order valence-corrected chi connectivity index (χ1v) is 7.29. The number of hydrogen-bond acceptors (Lipinski definition) is 4. The SMILES string of the molecule is Cc1ccc(OCCC(=O)NCCCOCCO)c(C)c1. The summed E-state index contributed by atoms with van der Waals surface area (Å²) in [7, 11) is 0. The second-order valence-corrected chi connectivity index (χ2v) is 4.91. The molecule has 0 radical (unpaired) electrons. The quantitative estimate of drug-likeness (QED) is 0.643. The van der Waals surface area contributed by atoms with Crippen LogP contribution in [0.3, 0.4) is 0 Å². The van der Waals surface area contributed by atoms with Crippen molar-refractivity contribution in [2.24, 2.45) is 0 Å². The average Bonchev–Trinajstić information content (AvgIpc) is 2.45. The molecule has 0 heterocycles. The van der Waals surface area contributed by atoms with E-state index in [0.29, 0.717) is 32.8 Å². The van der Waals surface area contributed by atoms with Gasteiger partial charge in [-0.2, -0.15) is 0 Å². The second kappa shape index (κ2) is 10.2. The third-order valence-corrected chi connectivity index (χ3v) is 2.94. The van der Waals surface area contributed by atoms with E-state index in [-0.39, 0.29) is 12.5 Å². The lowest BCUT2D eigenvalue weighted by Gasteiger charge is -2.10. The number of amides is 1. The maximum absolute atomic E-state index is 11.6. The summed E-state index contributed by atoms with van der Waals surface area (Å²) in [5.74, 6) is 0.799. The lowest BCUT2D eigenvalue weighted by atomic mass is 10.1. The highest BCUT2D eigenvalue weighted by Gasteiger charge is 2.03. The minimum absolute atomic E-state index is 0.0260. The first kappa shape index (κ1) is 17.5. The fourth-order valence-corrected chi connectivity index (χ4v) is 1.87. The van der Waals surface area contributed by atoms with Crippen LogP contribution in [0.5, 0.6) is 5.75 Å². The largest absolute Gasteiger partial charge is 0.493 e. The summed E-state index contributed by atoms with van der Waals surface area (Å²) in [4.78, 5) is 11.6. The van der Waals surface area contributed by atoms with Crippen molar-refractivity contribution in [1.82, 2.24) is 5.32 Å². The van der Waals surface area contributed by atoms with Gasteiger partial charge in [-0.15, -0.1) is 0 Å². The number of aliphatic hydroxyl groups is 1. The van der Waals surface area contributed by atoms with Crippen molar-refractivity contribution in [3.05, 3.63) is 29.3 Å². The molecule has 0 aliphatic rings. The van der Waals surface area contributed by atoms with Crippen LogP contribution in [0, 0.1) is 13.8 Å². The molecule has 1 aromatic rings. The predicted molar refractivity (Wildman–Crippen MR) is 81.6 cm³/mol. The number of carbonyl (C=O) groups excluding carboxylic acids is 1. The number of hydrogen-bond donors (Lipinski definition) is 2. The fourth-order valence-electron chi connectivity index (χ4n) is 1.87. The molecule has 118 valence electrons. The van der Waals surface area contributed by atoms with Gasteiger partial charge in [0.2, 0.25) is 5.91 Å². The van der Waals surface area contributed by atoms with Gasteiger partial charge in [0, 0.05) is 13.2 Å². The summed E-state index contributed by atoms with van der Waals surface area (Å²) < 4.78 is 10.7. The van der Waals surface area contributed by atoms with E-state index >= 15 is 0 Å². The Morgan fingerprint density at radius 3 is 2.76 bits per heavy atom. The lowest BCUT2D eigenvalue weighted by Crippen LogP contribution is -2.26. The number of ether oxygens (including phenoxy) is 2. The molecule has 0 saturated carbocycles. The standard InChI is InChI=1S/C16H25NO4/c1-13-4-5-15(14(2)12-13)21-10-6-16(19)17-7-3-9-20-11-8-18/h4-5,12,18H,3,6-11H2,1-2H3,(H,17,19). The Hall–Kier alpha value is -1.59. The molecule has 0 bridgehead atoms. The Morgan fingerprint density at radius 2 is 2.05 bits per heavy atom. The average molecular weight is 295 g/mol. The summed E-state index contributed by atoms with van der Waals surface area (Å²) >= 11 is 0. The van der Waals surface area contributed by atoms with Gasteiger partial charge < -0.3 is 19.9 Å². The van der Waals surface area contributed by atoms with E-state index in [2.05, 4.69) is 11.4 Å². The van der Waals surface area contributed by atoms with Crippen LogP contribution < -0.4 is 10.1 Å². The molecule has 0 atom stereocenters. The monoisotopic (exact) mass is 295 g/mol. The molecule has 1 rings (SSSR count). The van der Waals surface area contributed by atoms with Crippen LogP contribution in [-0.4, -0.2) is 44.0 Å². The molecule has 5 heteroatoms. The number of rotatable bonds is 10. The van der Waals surface area contributed by atoms with Crippen molar-refractivity contribution in [2.45, 2.75) is 26.7 Å². The first-order valence-electron chi connectivity index (χ1n) is 7.29. The predicted octanol–water partition coefficient (Wildman–Crippen LogP) is 1.59. The number of nitrogens with one attached hydrogen (secondary N) is 1. The fraction of sp³-hybridized carbons (Fsp3) is 0.562. The Kier molecular flexibility index (Phi) is 8.47. The normalized spacial score (nSPS) is 10.4. The Bertz CT molecular complexity index is 434. The molecular formula is C16H25NO4. The molecule has 1 amide bonds. The maximum atomic E-state index is 11.6. The van der Waals surface area contributed by atoms with Crippen LogP contribution in [0.1, 0.15) is 24.0 Å². The number of benzene rings is 1. The van der Waals surface area contributed by atoms with Crippen molar-refractivity contribution in [2.75, 3.05) is 33.0 Å². The molecule has 0 fully saturated rings. The summed E-state index contributed by atoms with van der Waals surface area (Å²) in [6.45, 7) is 5.90. The molecule has 5 nitrogen and oxygen atoms in total. The van der Waals surface area contributed by atoms with Gasteiger partial charge in [-0.1, -0.05) is 17.7 Å². The van der Waals surface area contributed by atoms with Crippen molar-refractivity contribution in [1.29, 1.82) is 0 Å². The number of carbonyl (C=O) groups is 1. The number of aryl methyl sites for hydroxylation is 2. The summed E-state index contributed by atoms with van der Waals surface area (Å²) in [5.41, 5.74) is 2.28. The third-order valence-electron chi connectivity index (χ3n) is 2.94. The van der Waals surface area contributed by atoms with Gasteiger partial charge in [-0.25, -0.2) is 0 Å². The van der Waals surface area contributed by atoms with Crippen molar-refractivity contribution >= 4 is 5.91 Å². The van der Waals surface area contributed by atoms with Gasteiger partial charge in [-0.05, 0) is 31.9 Å². The van der Waals surface area contributed by atoms with Gasteiger partial charge in [0.25, 0.3) is 0 Å². The highest BCUT2D eigenvalue weighted by molar-refractivity contribution is 5.75. The van der Waals surface area contributed by atoms with Gasteiger partial charge in [0.15, 0.2) is 0 Å². The Balaban J connectivity index is 2.10. The molecule has 0 saturated heterocycles. The number of aliphatic hydroxyl groups excluding tert-OH is 1. The molecular weight excluding hydrogens is 270 g/mol. The topological polar surface area (TPSA) is 67.8 Å². The maximum Gasteiger partial charge on any atom is 0.223 e. The first-order chi connectivity index (χ1) is 10.1. The zero-order chi connectivity index (χ0) is 15.5. The Labute approximate surface area is 126 Å². The van der Waals surface area contributed by atoms with Crippen LogP contribution in [0.2, 0.25) is 0 Å². The molecule has 21 heavy (non-hydrogen) atoms. The van der Waals surface area contributed by atoms with E-state index < -0.39 is 0 Å². The summed E-state index contributed by atoms with van der Waals surface area (Å²) in [6.07, 6.45) is 1.08. The van der Waals surface area contributed by atoms with Crippen LogP contribution >= 0.6 is 0 Å². The highest BCUT2D eigenvalue weighted by atomic mass is 16.5. The van der Waals surface area contributed by atoms with Gasteiger partial charge in [-0.3, -0.25) is 4.79 Å². The molecule has 0 unspecified atom stereocenters. The van der Waals surface area contributed by atoms with Gasteiger partial charge in [0.1, 0.15) is 5.75 Å². The van der Waals surface area contributed by atoms with Crippen molar-refractivity contribution in [3.63, 3.8) is 0 Å². The van der Waals surface area contributed by atoms with Crippen molar-refractivity contribution in [3.8, 4) is 5.75 Å².